The minimum atomic E-state index is -0.396. The first kappa shape index (κ1) is 26.0. The summed E-state index contributed by atoms with van der Waals surface area (Å²) in [6.45, 7) is 8.31. The van der Waals surface area contributed by atoms with Gasteiger partial charge in [-0.05, 0) is 116 Å². The van der Waals surface area contributed by atoms with Gasteiger partial charge in [-0.25, -0.2) is 0 Å². The zero-order valence-electron chi connectivity index (χ0n) is 23.3. The number of benzene rings is 3. The minimum absolute atomic E-state index is 0.379. The van der Waals surface area contributed by atoms with E-state index in [1.54, 1.807) is 0 Å². The number of anilines is 3. The van der Waals surface area contributed by atoms with Crippen molar-refractivity contribution in [2.45, 2.75) is 38.9 Å². The van der Waals surface area contributed by atoms with Crippen LogP contribution in [0.25, 0.3) is 22.3 Å². The summed E-state index contributed by atoms with van der Waals surface area (Å²) in [6.07, 6.45) is 7.28. The molecule has 1 aliphatic heterocycles. The molecule has 1 saturated heterocycles. The molecule has 0 atom stereocenters. The molecule has 5 nitrogen and oxygen atoms in total. The monoisotopic (exact) mass is 525 g/mol. The van der Waals surface area contributed by atoms with E-state index in [4.69, 9.17) is 9.31 Å². The first-order valence-corrected chi connectivity index (χ1v) is 13.6. The standard InChI is InChI=1S/C34H32BN3O2/c1-33(2)34(3,4)40-35(39-33)29-9-15-32(16-10-29)38(30-11-5-25(6-12-30)27-17-21-36-22-18-27)31-13-7-26(8-14-31)28-19-23-37-24-20-28/h5-24H,1-4H3. The molecule has 0 spiro atoms. The van der Waals surface area contributed by atoms with Crippen molar-refractivity contribution in [2.24, 2.45) is 0 Å². The second kappa shape index (κ2) is 10.4. The van der Waals surface area contributed by atoms with E-state index in [2.05, 4.69) is 115 Å². The first-order valence-electron chi connectivity index (χ1n) is 13.6. The quantitative estimate of drug-likeness (QED) is 0.214. The van der Waals surface area contributed by atoms with Gasteiger partial charge in [0.1, 0.15) is 0 Å². The summed E-state index contributed by atoms with van der Waals surface area (Å²) in [4.78, 5) is 10.6. The number of hydrogen-bond acceptors (Lipinski definition) is 5. The number of nitrogens with zero attached hydrogens (tertiary/aromatic N) is 3. The highest BCUT2D eigenvalue weighted by Crippen LogP contribution is 2.38. The van der Waals surface area contributed by atoms with Gasteiger partial charge < -0.3 is 14.2 Å². The van der Waals surface area contributed by atoms with E-state index in [1.165, 1.54) is 0 Å². The van der Waals surface area contributed by atoms with Crippen LogP contribution in [0.5, 0.6) is 0 Å². The molecule has 0 N–H and O–H groups in total. The van der Waals surface area contributed by atoms with Crippen LogP contribution in [-0.2, 0) is 9.31 Å². The highest BCUT2D eigenvalue weighted by molar-refractivity contribution is 6.62. The fourth-order valence-electron chi connectivity index (χ4n) is 4.90. The fourth-order valence-corrected chi connectivity index (χ4v) is 4.90. The molecule has 6 heteroatoms. The molecule has 198 valence electrons. The summed E-state index contributed by atoms with van der Waals surface area (Å²) in [7, 11) is -0.396. The van der Waals surface area contributed by atoms with Crippen LogP contribution in [0, 0.1) is 0 Å². The van der Waals surface area contributed by atoms with E-state index in [1.807, 2.05) is 49.1 Å². The third-order valence-electron chi connectivity index (χ3n) is 7.96. The Morgan fingerprint density at radius 2 is 0.800 bits per heavy atom. The third-order valence-corrected chi connectivity index (χ3v) is 7.96. The maximum absolute atomic E-state index is 6.29. The molecule has 1 fully saturated rings. The zero-order valence-corrected chi connectivity index (χ0v) is 23.3. The molecule has 3 heterocycles. The molecule has 0 aliphatic carbocycles. The summed E-state index contributed by atoms with van der Waals surface area (Å²) in [5.74, 6) is 0. The summed E-state index contributed by atoms with van der Waals surface area (Å²) in [5.41, 5.74) is 8.01. The maximum Gasteiger partial charge on any atom is 0.494 e. The third kappa shape index (κ3) is 5.04. The molecule has 5 aromatic rings. The molecule has 6 rings (SSSR count). The van der Waals surface area contributed by atoms with E-state index in [0.29, 0.717) is 0 Å². The van der Waals surface area contributed by atoms with Gasteiger partial charge in [-0.1, -0.05) is 36.4 Å². The molecule has 0 radical (unpaired) electrons. The van der Waals surface area contributed by atoms with Gasteiger partial charge >= 0.3 is 7.12 Å². The van der Waals surface area contributed by atoms with E-state index in [9.17, 15) is 0 Å². The minimum Gasteiger partial charge on any atom is -0.399 e. The number of pyridine rings is 2. The van der Waals surface area contributed by atoms with Crippen molar-refractivity contribution < 1.29 is 9.31 Å². The molecule has 0 bridgehead atoms. The van der Waals surface area contributed by atoms with Crippen LogP contribution in [0.15, 0.2) is 122 Å². The van der Waals surface area contributed by atoms with Crippen LogP contribution in [0.2, 0.25) is 0 Å². The van der Waals surface area contributed by atoms with Crippen LogP contribution in [0.1, 0.15) is 27.7 Å². The lowest BCUT2D eigenvalue weighted by atomic mass is 9.79. The Morgan fingerprint density at radius 1 is 0.475 bits per heavy atom. The van der Waals surface area contributed by atoms with Gasteiger partial charge in [0.15, 0.2) is 0 Å². The molecule has 0 amide bonds. The van der Waals surface area contributed by atoms with E-state index < -0.39 is 7.12 Å². The van der Waals surface area contributed by atoms with Crippen LogP contribution >= 0.6 is 0 Å². The predicted octanol–water partition coefficient (Wildman–Crippen LogP) is 7.58. The van der Waals surface area contributed by atoms with Crippen molar-refractivity contribution >= 4 is 29.6 Å². The number of hydrogen-bond donors (Lipinski definition) is 0. The van der Waals surface area contributed by atoms with Crippen LogP contribution in [0.4, 0.5) is 17.1 Å². The maximum atomic E-state index is 6.29. The van der Waals surface area contributed by atoms with Crippen molar-refractivity contribution in [3.8, 4) is 22.3 Å². The number of rotatable bonds is 6. The first-order chi connectivity index (χ1) is 19.3. The molecule has 0 saturated carbocycles. The van der Waals surface area contributed by atoms with Crippen molar-refractivity contribution in [3.63, 3.8) is 0 Å². The molecule has 1 aliphatic rings. The Hall–Kier alpha value is -4.26. The topological polar surface area (TPSA) is 47.5 Å². The van der Waals surface area contributed by atoms with Crippen molar-refractivity contribution in [3.05, 3.63) is 122 Å². The number of aromatic nitrogens is 2. The molecular weight excluding hydrogens is 493 g/mol. The highest BCUT2D eigenvalue weighted by atomic mass is 16.7. The molecular formula is C34H32BN3O2. The normalized spacial score (nSPS) is 15.7. The Bertz CT molecular complexity index is 1470. The van der Waals surface area contributed by atoms with Gasteiger partial charge in [0.2, 0.25) is 0 Å². The van der Waals surface area contributed by atoms with E-state index >= 15 is 0 Å². The Kier molecular flexibility index (Phi) is 6.74. The zero-order chi connectivity index (χ0) is 27.7. The van der Waals surface area contributed by atoms with Gasteiger partial charge in [-0.2, -0.15) is 0 Å². The summed E-state index contributed by atoms with van der Waals surface area (Å²) >= 11 is 0. The highest BCUT2D eigenvalue weighted by Gasteiger charge is 2.51. The van der Waals surface area contributed by atoms with Crippen molar-refractivity contribution in [2.75, 3.05) is 4.90 Å². The second-order valence-corrected chi connectivity index (χ2v) is 11.1. The van der Waals surface area contributed by atoms with Crippen LogP contribution < -0.4 is 10.4 Å². The van der Waals surface area contributed by atoms with Gasteiger partial charge in [0, 0.05) is 41.8 Å². The predicted molar refractivity (Wildman–Crippen MR) is 163 cm³/mol. The summed E-state index contributed by atoms with van der Waals surface area (Å²) in [5, 5.41) is 0. The smallest absolute Gasteiger partial charge is 0.399 e. The van der Waals surface area contributed by atoms with Gasteiger partial charge in [0.05, 0.1) is 11.2 Å². The second-order valence-electron chi connectivity index (χ2n) is 11.1. The average molecular weight is 525 g/mol. The Morgan fingerprint density at radius 3 is 1.18 bits per heavy atom. The van der Waals surface area contributed by atoms with Gasteiger partial charge in [-0.3, -0.25) is 9.97 Å². The van der Waals surface area contributed by atoms with Crippen LogP contribution in [-0.4, -0.2) is 28.3 Å². The largest absolute Gasteiger partial charge is 0.494 e. The lowest BCUT2D eigenvalue weighted by molar-refractivity contribution is 0.00578. The lowest BCUT2D eigenvalue weighted by Gasteiger charge is -2.32. The summed E-state index contributed by atoms with van der Waals surface area (Å²) < 4.78 is 12.6. The molecule has 0 unspecified atom stereocenters. The molecule has 2 aromatic heterocycles. The SMILES string of the molecule is CC1(C)OB(c2ccc(N(c3ccc(-c4ccncc4)cc3)c3ccc(-c4ccncc4)cc3)cc2)OC1(C)C. The molecule has 40 heavy (non-hydrogen) atoms. The van der Waals surface area contributed by atoms with Crippen molar-refractivity contribution in [1.82, 2.24) is 9.97 Å². The summed E-state index contributed by atoms with van der Waals surface area (Å²) in [6, 6.07) is 33.8. The molecule has 3 aromatic carbocycles. The fraction of sp³-hybridized carbons (Fsp3) is 0.176. The van der Waals surface area contributed by atoms with Crippen molar-refractivity contribution in [1.29, 1.82) is 0 Å². The average Bonchev–Trinajstić information content (AvgIpc) is 3.21. The van der Waals surface area contributed by atoms with E-state index in [0.717, 1.165) is 44.8 Å². The van der Waals surface area contributed by atoms with E-state index in [-0.39, 0.29) is 11.2 Å². The lowest BCUT2D eigenvalue weighted by Crippen LogP contribution is -2.41. The van der Waals surface area contributed by atoms with Crippen LogP contribution in [0.3, 0.4) is 0 Å². The Balaban J connectivity index is 1.35. The Labute approximate surface area is 236 Å². The van der Waals surface area contributed by atoms with Gasteiger partial charge in [-0.15, -0.1) is 0 Å². The van der Waals surface area contributed by atoms with Gasteiger partial charge in [0.25, 0.3) is 0 Å².